The molecule has 1 heterocycles. The van der Waals surface area contributed by atoms with Crippen molar-refractivity contribution < 1.29 is 9.53 Å². The molecule has 0 bridgehead atoms. The van der Waals surface area contributed by atoms with Gasteiger partial charge in [-0.25, -0.2) is 0 Å². The molecule has 1 saturated carbocycles. The Morgan fingerprint density at radius 1 is 1.57 bits per heavy atom. The Kier molecular flexibility index (Phi) is 2.33. The molecule has 0 saturated heterocycles. The largest absolute Gasteiger partial charge is 0.373 e. The zero-order valence-corrected chi connectivity index (χ0v) is 8.19. The molecule has 0 amide bonds. The van der Waals surface area contributed by atoms with Gasteiger partial charge in [-0.3, -0.25) is 9.78 Å². The molecular formula is C11H13NO2. The number of carbonyl (C=O) groups is 1. The fraction of sp³-hybridized carbons (Fsp3) is 0.455. The van der Waals surface area contributed by atoms with Crippen molar-refractivity contribution in [1.29, 1.82) is 0 Å². The first-order valence-electron chi connectivity index (χ1n) is 4.78. The quantitative estimate of drug-likeness (QED) is 0.685. The Morgan fingerprint density at radius 2 is 2.36 bits per heavy atom. The lowest BCUT2D eigenvalue weighted by molar-refractivity contribution is -0.0783. The van der Waals surface area contributed by atoms with Crippen LogP contribution in [0, 0.1) is 0 Å². The minimum atomic E-state index is -0.246. The molecule has 2 rings (SSSR count). The highest BCUT2D eigenvalue weighted by Crippen LogP contribution is 2.44. The summed E-state index contributed by atoms with van der Waals surface area (Å²) in [5.41, 5.74) is 1.20. The predicted octanol–water partition coefficient (Wildman–Crippen LogP) is 1.92. The van der Waals surface area contributed by atoms with Crippen LogP contribution in [0.3, 0.4) is 0 Å². The molecule has 74 valence electrons. The topological polar surface area (TPSA) is 39.2 Å². The van der Waals surface area contributed by atoms with Crippen LogP contribution in [0.1, 0.15) is 35.3 Å². The van der Waals surface area contributed by atoms with Crippen molar-refractivity contribution in [3.8, 4) is 0 Å². The molecule has 3 nitrogen and oxygen atoms in total. The molecule has 14 heavy (non-hydrogen) atoms. The Balaban J connectivity index is 2.43. The van der Waals surface area contributed by atoms with Gasteiger partial charge >= 0.3 is 0 Å². The molecule has 1 aliphatic rings. The highest BCUT2D eigenvalue weighted by molar-refractivity contribution is 5.74. The van der Waals surface area contributed by atoms with E-state index in [1.54, 1.807) is 13.3 Å². The third-order valence-electron chi connectivity index (χ3n) is 2.99. The van der Waals surface area contributed by atoms with E-state index in [0.717, 1.165) is 31.1 Å². The summed E-state index contributed by atoms with van der Waals surface area (Å²) in [6, 6.07) is 3.78. The van der Waals surface area contributed by atoms with E-state index in [1.807, 2.05) is 12.1 Å². The molecule has 0 atom stereocenters. The average molecular weight is 191 g/mol. The number of methoxy groups -OCH3 is 1. The molecule has 0 aromatic carbocycles. The van der Waals surface area contributed by atoms with E-state index < -0.39 is 0 Å². The number of hydrogen-bond acceptors (Lipinski definition) is 3. The average Bonchev–Trinajstić information content (AvgIpc) is 2.18. The molecule has 3 heteroatoms. The van der Waals surface area contributed by atoms with Gasteiger partial charge in [0, 0.05) is 18.9 Å². The zero-order valence-electron chi connectivity index (χ0n) is 8.19. The predicted molar refractivity (Wildman–Crippen MR) is 52.2 cm³/mol. The van der Waals surface area contributed by atoms with Gasteiger partial charge in [-0.05, 0) is 25.3 Å². The third kappa shape index (κ3) is 1.24. The Morgan fingerprint density at radius 3 is 2.86 bits per heavy atom. The lowest BCUT2D eigenvalue weighted by atomic mass is 9.74. The van der Waals surface area contributed by atoms with Crippen molar-refractivity contribution in [3.05, 3.63) is 29.6 Å². The fourth-order valence-electron chi connectivity index (χ4n) is 1.98. The number of aldehydes is 1. The number of hydrogen-bond donors (Lipinski definition) is 0. The number of ether oxygens (including phenoxy) is 1. The van der Waals surface area contributed by atoms with Gasteiger partial charge in [-0.15, -0.1) is 0 Å². The van der Waals surface area contributed by atoms with Crippen LogP contribution in [0.2, 0.25) is 0 Å². The number of carbonyl (C=O) groups excluding carboxylic acids is 1. The minimum Gasteiger partial charge on any atom is -0.373 e. The van der Waals surface area contributed by atoms with Crippen molar-refractivity contribution in [2.75, 3.05) is 7.11 Å². The van der Waals surface area contributed by atoms with Crippen molar-refractivity contribution in [2.24, 2.45) is 0 Å². The summed E-state index contributed by atoms with van der Waals surface area (Å²) in [5.74, 6) is 0. The van der Waals surface area contributed by atoms with Crippen LogP contribution in [0.5, 0.6) is 0 Å². The van der Waals surface area contributed by atoms with Crippen molar-refractivity contribution >= 4 is 6.29 Å². The first-order chi connectivity index (χ1) is 6.82. The molecule has 1 fully saturated rings. The molecule has 1 aromatic rings. The molecule has 1 aromatic heterocycles. The normalized spacial score (nSPS) is 18.6. The zero-order chi connectivity index (χ0) is 10.0. The van der Waals surface area contributed by atoms with Crippen LogP contribution in [0.4, 0.5) is 0 Å². The summed E-state index contributed by atoms with van der Waals surface area (Å²) in [7, 11) is 1.70. The summed E-state index contributed by atoms with van der Waals surface area (Å²) in [6.07, 6.45) is 5.55. The summed E-state index contributed by atoms with van der Waals surface area (Å²) in [4.78, 5) is 14.9. The van der Waals surface area contributed by atoms with Gasteiger partial charge in [-0.1, -0.05) is 6.07 Å². The van der Waals surface area contributed by atoms with Crippen LogP contribution < -0.4 is 0 Å². The molecular weight excluding hydrogens is 178 g/mol. The fourth-order valence-corrected chi connectivity index (χ4v) is 1.98. The van der Waals surface area contributed by atoms with Gasteiger partial charge in [0.05, 0.1) is 5.60 Å². The van der Waals surface area contributed by atoms with Gasteiger partial charge < -0.3 is 4.74 Å². The highest BCUT2D eigenvalue weighted by Gasteiger charge is 2.40. The lowest BCUT2D eigenvalue weighted by Crippen LogP contribution is -2.37. The van der Waals surface area contributed by atoms with Gasteiger partial charge in [0.2, 0.25) is 0 Å². The van der Waals surface area contributed by atoms with Crippen LogP contribution >= 0.6 is 0 Å². The Bertz CT molecular complexity index is 339. The van der Waals surface area contributed by atoms with E-state index in [9.17, 15) is 4.79 Å². The Labute approximate surface area is 83.1 Å². The molecule has 0 spiro atoms. The van der Waals surface area contributed by atoms with Crippen LogP contribution in [0.15, 0.2) is 18.3 Å². The number of nitrogens with zero attached hydrogens (tertiary/aromatic N) is 1. The van der Waals surface area contributed by atoms with Gasteiger partial charge in [0.1, 0.15) is 5.69 Å². The van der Waals surface area contributed by atoms with Crippen molar-refractivity contribution in [1.82, 2.24) is 4.98 Å². The summed E-state index contributed by atoms with van der Waals surface area (Å²) >= 11 is 0. The van der Waals surface area contributed by atoms with Gasteiger partial charge in [0.25, 0.3) is 0 Å². The summed E-state index contributed by atoms with van der Waals surface area (Å²) in [5, 5.41) is 0. The maximum atomic E-state index is 10.8. The second-order valence-corrected chi connectivity index (χ2v) is 3.61. The monoisotopic (exact) mass is 191 g/mol. The van der Waals surface area contributed by atoms with Crippen molar-refractivity contribution in [2.45, 2.75) is 24.9 Å². The molecule has 0 unspecified atom stereocenters. The SMILES string of the molecule is COC1(c2cccnc2C=O)CCC1. The highest BCUT2D eigenvalue weighted by atomic mass is 16.5. The second kappa shape index (κ2) is 3.50. The minimum absolute atomic E-state index is 0.246. The summed E-state index contributed by atoms with van der Waals surface area (Å²) < 4.78 is 5.50. The van der Waals surface area contributed by atoms with Gasteiger partial charge in [0.15, 0.2) is 6.29 Å². The lowest BCUT2D eigenvalue weighted by Gasteiger charge is -2.41. The molecule has 0 aliphatic heterocycles. The number of rotatable bonds is 3. The van der Waals surface area contributed by atoms with Crippen molar-refractivity contribution in [3.63, 3.8) is 0 Å². The van der Waals surface area contributed by atoms with E-state index >= 15 is 0 Å². The smallest absolute Gasteiger partial charge is 0.168 e. The second-order valence-electron chi connectivity index (χ2n) is 3.61. The van der Waals surface area contributed by atoms with E-state index in [0.29, 0.717) is 5.69 Å². The van der Waals surface area contributed by atoms with Crippen LogP contribution in [-0.4, -0.2) is 18.4 Å². The van der Waals surface area contributed by atoms with E-state index in [1.165, 1.54) is 0 Å². The van der Waals surface area contributed by atoms with E-state index in [2.05, 4.69) is 4.98 Å². The molecule has 0 radical (unpaired) electrons. The maximum Gasteiger partial charge on any atom is 0.168 e. The van der Waals surface area contributed by atoms with Crippen LogP contribution in [-0.2, 0) is 10.3 Å². The Hall–Kier alpha value is -1.22. The first kappa shape index (κ1) is 9.34. The van der Waals surface area contributed by atoms with Gasteiger partial charge in [-0.2, -0.15) is 0 Å². The third-order valence-corrected chi connectivity index (χ3v) is 2.99. The first-order valence-corrected chi connectivity index (χ1v) is 4.78. The van der Waals surface area contributed by atoms with Crippen LogP contribution in [0.25, 0.3) is 0 Å². The van der Waals surface area contributed by atoms with E-state index in [-0.39, 0.29) is 5.60 Å². The maximum absolute atomic E-state index is 10.8. The number of aromatic nitrogens is 1. The summed E-state index contributed by atoms with van der Waals surface area (Å²) in [6.45, 7) is 0. The standard InChI is InChI=1S/C11H13NO2/c1-14-11(5-3-6-11)9-4-2-7-12-10(9)8-13/h2,4,7-8H,3,5-6H2,1H3. The molecule has 1 aliphatic carbocycles. The van der Waals surface area contributed by atoms with E-state index in [4.69, 9.17) is 4.74 Å². The molecule has 0 N–H and O–H groups in total. The number of pyridine rings is 1.